The van der Waals surface area contributed by atoms with Crippen LogP contribution in [0.2, 0.25) is 0 Å². The molecule has 0 heterocycles. The Labute approximate surface area is 108 Å². The van der Waals surface area contributed by atoms with Crippen LogP contribution < -0.4 is 11.1 Å². The predicted molar refractivity (Wildman–Crippen MR) is 69.0 cm³/mol. The number of rotatable bonds is 7. The van der Waals surface area contributed by atoms with Gasteiger partial charge in [-0.15, -0.1) is 0 Å². The van der Waals surface area contributed by atoms with Crippen LogP contribution in [0.15, 0.2) is 0 Å². The second-order valence-corrected chi connectivity index (χ2v) is 6.06. The maximum absolute atomic E-state index is 12.0. The molecule has 0 aromatic heterocycles. The van der Waals surface area contributed by atoms with E-state index >= 15 is 0 Å². The summed E-state index contributed by atoms with van der Waals surface area (Å²) in [6.45, 7) is 4.25. The zero-order chi connectivity index (χ0) is 13.8. The van der Waals surface area contributed by atoms with E-state index in [1.807, 2.05) is 13.8 Å². The third-order valence-corrected chi connectivity index (χ3v) is 3.82. The molecule has 104 valence electrons. The fraction of sp³-hybridized carbons (Fsp3) is 0.846. The molecule has 1 rings (SSSR count). The van der Waals surface area contributed by atoms with Crippen LogP contribution in [0, 0.1) is 5.41 Å². The van der Waals surface area contributed by atoms with Crippen LogP contribution >= 0.6 is 0 Å². The van der Waals surface area contributed by atoms with E-state index < -0.39 is 11.5 Å². The number of carboxylic acid groups (broad SMARTS) is 1. The highest BCUT2D eigenvalue weighted by atomic mass is 16.4. The molecule has 0 aliphatic heterocycles. The molecule has 0 saturated heterocycles. The van der Waals surface area contributed by atoms with Crippen molar-refractivity contribution in [3.63, 3.8) is 0 Å². The molecule has 5 heteroatoms. The Hall–Kier alpha value is -1.10. The zero-order valence-electron chi connectivity index (χ0n) is 11.3. The van der Waals surface area contributed by atoms with Crippen molar-refractivity contribution >= 4 is 11.9 Å². The smallest absolute Gasteiger partial charge is 0.303 e. The molecule has 1 fully saturated rings. The van der Waals surface area contributed by atoms with Crippen molar-refractivity contribution in [3.8, 4) is 0 Å². The van der Waals surface area contributed by atoms with Gasteiger partial charge in [-0.2, -0.15) is 0 Å². The Bertz CT molecular complexity index is 317. The molecule has 1 saturated carbocycles. The Balaban J connectivity index is 2.40. The average molecular weight is 256 g/mol. The molecular weight excluding hydrogens is 232 g/mol. The van der Waals surface area contributed by atoms with Crippen LogP contribution in [0.5, 0.6) is 0 Å². The fourth-order valence-corrected chi connectivity index (χ4v) is 2.37. The van der Waals surface area contributed by atoms with Gasteiger partial charge in [0.2, 0.25) is 5.91 Å². The molecule has 1 amide bonds. The SMILES string of the molecule is CC(C)(CCC(=O)O)NC(=O)CC1(CN)CCC1. The number of nitrogens with two attached hydrogens (primary N) is 1. The van der Waals surface area contributed by atoms with Crippen molar-refractivity contribution in [2.75, 3.05) is 6.54 Å². The molecule has 4 N–H and O–H groups in total. The maximum atomic E-state index is 12.0. The van der Waals surface area contributed by atoms with Gasteiger partial charge >= 0.3 is 5.97 Å². The van der Waals surface area contributed by atoms with E-state index in [1.54, 1.807) is 0 Å². The number of carbonyl (C=O) groups excluding carboxylic acids is 1. The van der Waals surface area contributed by atoms with E-state index in [9.17, 15) is 9.59 Å². The zero-order valence-corrected chi connectivity index (χ0v) is 11.3. The van der Waals surface area contributed by atoms with Gasteiger partial charge in [-0.05, 0) is 45.1 Å². The van der Waals surface area contributed by atoms with E-state index in [2.05, 4.69) is 5.32 Å². The summed E-state index contributed by atoms with van der Waals surface area (Å²) in [5.74, 6) is -0.856. The molecular formula is C13H24N2O3. The lowest BCUT2D eigenvalue weighted by molar-refractivity contribution is -0.138. The van der Waals surface area contributed by atoms with Gasteiger partial charge < -0.3 is 16.2 Å². The first-order valence-electron chi connectivity index (χ1n) is 6.51. The predicted octanol–water partition coefficient (Wildman–Crippen LogP) is 1.27. The van der Waals surface area contributed by atoms with Crippen molar-refractivity contribution in [1.29, 1.82) is 0 Å². The van der Waals surface area contributed by atoms with Gasteiger partial charge in [0.25, 0.3) is 0 Å². The Morgan fingerprint density at radius 3 is 2.39 bits per heavy atom. The lowest BCUT2D eigenvalue weighted by atomic mass is 9.66. The van der Waals surface area contributed by atoms with Crippen molar-refractivity contribution in [1.82, 2.24) is 5.32 Å². The van der Waals surface area contributed by atoms with E-state index in [1.165, 1.54) is 0 Å². The van der Waals surface area contributed by atoms with Crippen LogP contribution in [0.3, 0.4) is 0 Å². The Morgan fingerprint density at radius 1 is 1.39 bits per heavy atom. The number of hydrogen-bond donors (Lipinski definition) is 3. The van der Waals surface area contributed by atoms with E-state index in [0.29, 0.717) is 19.4 Å². The van der Waals surface area contributed by atoms with Crippen molar-refractivity contribution in [3.05, 3.63) is 0 Å². The average Bonchev–Trinajstić information content (AvgIpc) is 2.20. The molecule has 5 nitrogen and oxygen atoms in total. The first-order valence-corrected chi connectivity index (χ1v) is 6.51. The number of hydrogen-bond acceptors (Lipinski definition) is 3. The highest BCUT2D eigenvalue weighted by Crippen LogP contribution is 2.42. The number of aliphatic carboxylic acids is 1. The van der Waals surface area contributed by atoms with Crippen molar-refractivity contribution < 1.29 is 14.7 Å². The summed E-state index contributed by atoms with van der Waals surface area (Å²) in [5.41, 5.74) is 5.24. The fourth-order valence-electron chi connectivity index (χ4n) is 2.37. The van der Waals surface area contributed by atoms with E-state index in [-0.39, 0.29) is 17.7 Å². The summed E-state index contributed by atoms with van der Waals surface area (Å²) in [7, 11) is 0. The summed E-state index contributed by atoms with van der Waals surface area (Å²) in [6.07, 6.45) is 4.14. The number of amides is 1. The van der Waals surface area contributed by atoms with E-state index in [4.69, 9.17) is 10.8 Å². The number of nitrogens with one attached hydrogen (secondary N) is 1. The maximum Gasteiger partial charge on any atom is 0.303 e. The summed E-state index contributed by atoms with van der Waals surface area (Å²) in [5, 5.41) is 11.6. The van der Waals surface area contributed by atoms with Gasteiger partial charge in [-0.1, -0.05) is 6.42 Å². The van der Waals surface area contributed by atoms with Crippen LogP contribution in [0.1, 0.15) is 52.4 Å². The summed E-state index contributed by atoms with van der Waals surface area (Å²) < 4.78 is 0. The first kappa shape index (κ1) is 15.0. The molecule has 1 aliphatic rings. The standard InChI is InChI=1S/C13H24N2O3/c1-12(2,7-4-11(17)18)15-10(16)8-13(9-14)5-3-6-13/h3-9,14H2,1-2H3,(H,15,16)(H,17,18). The molecule has 0 aromatic rings. The molecule has 18 heavy (non-hydrogen) atoms. The summed E-state index contributed by atoms with van der Waals surface area (Å²) >= 11 is 0. The third kappa shape index (κ3) is 4.29. The normalized spacial score (nSPS) is 17.9. The number of carbonyl (C=O) groups is 2. The molecule has 0 bridgehead atoms. The number of carboxylic acids is 1. The third-order valence-electron chi connectivity index (χ3n) is 3.82. The van der Waals surface area contributed by atoms with Gasteiger partial charge in [-0.3, -0.25) is 9.59 Å². The van der Waals surface area contributed by atoms with Gasteiger partial charge in [0.05, 0.1) is 0 Å². The molecule has 0 radical (unpaired) electrons. The highest BCUT2D eigenvalue weighted by molar-refractivity contribution is 5.77. The van der Waals surface area contributed by atoms with E-state index in [0.717, 1.165) is 19.3 Å². The Morgan fingerprint density at radius 2 is 2.00 bits per heavy atom. The molecule has 1 aliphatic carbocycles. The Kier molecular flexibility index (Phi) is 4.73. The van der Waals surface area contributed by atoms with Crippen LogP contribution in [-0.2, 0) is 9.59 Å². The monoisotopic (exact) mass is 256 g/mol. The lowest BCUT2D eigenvalue weighted by Crippen LogP contribution is -2.48. The second kappa shape index (κ2) is 5.69. The molecule has 0 unspecified atom stereocenters. The van der Waals surface area contributed by atoms with Crippen molar-refractivity contribution in [2.24, 2.45) is 11.1 Å². The molecule has 0 atom stereocenters. The van der Waals surface area contributed by atoms with Gasteiger partial charge in [-0.25, -0.2) is 0 Å². The van der Waals surface area contributed by atoms with Gasteiger partial charge in [0.15, 0.2) is 0 Å². The minimum atomic E-state index is -0.838. The lowest BCUT2D eigenvalue weighted by Gasteiger charge is -2.41. The van der Waals surface area contributed by atoms with Gasteiger partial charge in [0, 0.05) is 18.4 Å². The highest BCUT2D eigenvalue weighted by Gasteiger charge is 2.38. The first-order chi connectivity index (χ1) is 8.29. The minimum absolute atomic E-state index is 0.00698. The second-order valence-electron chi connectivity index (χ2n) is 6.06. The van der Waals surface area contributed by atoms with Crippen LogP contribution in [0.25, 0.3) is 0 Å². The minimum Gasteiger partial charge on any atom is -0.481 e. The van der Waals surface area contributed by atoms with Crippen LogP contribution in [-0.4, -0.2) is 29.1 Å². The molecule has 0 spiro atoms. The quantitative estimate of drug-likeness (QED) is 0.639. The largest absolute Gasteiger partial charge is 0.481 e. The summed E-state index contributed by atoms with van der Waals surface area (Å²) in [6, 6.07) is 0. The van der Waals surface area contributed by atoms with Crippen LogP contribution in [0.4, 0.5) is 0 Å². The molecule has 0 aromatic carbocycles. The summed E-state index contributed by atoms with van der Waals surface area (Å²) in [4.78, 5) is 22.5. The topological polar surface area (TPSA) is 92.4 Å². The van der Waals surface area contributed by atoms with Gasteiger partial charge in [0.1, 0.15) is 0 Å². The van der Waals surface area contributed by atoms with Crippen molar-refractivity contribution in [2.45, 2.75) is 57.9 Å².